The first-order chi connectivity index (χ1) is 8.84. The molecule has 1 N–H and O–H groups in total. The normalized spacial score (nSPS) is 11.8. The molecule has 5 heteroatoms. The molecule has 0 heterocycles. The molecule has 0 unspecified atom stereocenters. The molecule has 0 saturated heterocycles. The number of sulfone groups is 1. The van der Waals surface area contributed by atoms with Crippen molar-refractivity contribution in [3.63, 3.8) is 0 Å². The molecule has 1 aromatic carbocycles. The molecule has 0 aromatic heterocycles. The summed E-state index contributed by atoms with van der Waals surface area (Å²) in [5.41, 5.74) is 1.06. The van der Waals surface area contributed by atoms with Gasteiger partial charge in [0.1, 0.15) is 0 Å². The van der Waals surface area contributed by atoms with Crippen LogP contribution < -0.4 is 10.2 Å². The van der Waals surface area contributed by atoms with E-state index in [2.05, 4.69) is 31.0 Å². The van der Waals surface area contributed by atoms with Gasteiger partial charge in [0, 0.05) is 37.6 Å². The summed E-state index contributed by atoms with van der Waals surface area (Å²) in [6.07, 6.45) is 1.23. The molecule has 0 radical (unpaired) electrons. The van der Waals surface area contributed by atoms with Crippen LogP contribution in [-0.2, 0) is 9.84 Å². The average Bonchev–Trinajstić information content (AvgIpc) is 2.33. The summed E-state index contributed by atoms with van der Waals surface area (Å²) < 4.78 is 22.8. The fourth-order valence-electron chi connectivity index (χ4n) is 1.86. The van der Waals surface area contributed by atoms with Crippen LogP contribution in [0.4, 0.5) is 5.69 Å². The van der Waals surface area contributed by atoms with Crippen molar-refractivity contribution < 1.29 is 8.42 Å². The van der Waals surface area contributed by atoms with Gasteiger partial charge in [0.2, 0.25) is 0 Å². The van der Waals surface area contributed by atoms with Crippen LogP contribution in [0.3, 0.4) is 0 Å². The monoisotopic (exact) mass is 284 g/mol. The van der Waals surface area contributed by atoms with Gasteiger partial charge in [0.05, 0.1) is 4.90 Å². The SMILES string of the molecule is CCN(CCNC(C)C)c1ccc(S(C)(=O)=O)cc1. The highest BCUT2D eigenvalue weighted by Gasteiger charge is 2.09. The molecule has 0 aliphatic rings. The smallest absolute Gasteiger partial charge is 0.175 e. The minimum atomic E-state index is -3.11. The Hall–Kier alpha value is -1.07. The molecule has 1 aromatic rings. The van der Waals surface area contributed by atoms with E-state index in [-0.39, 0.29) is 0 Å². The molecule has 4 nitrogen and oxygen atoms in total. The second kappa shape index (κ2) is 6.91. The zero-order valence-corrected chi connectivity index (χ0v) is 13.0. The van der Waals surface area contributed by atoms with E-state index < -0.39 is 9.84 Å². The lowest BCUT2D eigenvalue weighted by atomic mass is 10.3. The van der Waals surface area contributed by atoms with Crippen molar-refractivity contribution in [1.82, 2.24) is 5.32 Å². The van der Waals surface area contributed by atoms with Gasteiger partial charge in [-0.1, -0.05) is 13.8 Å². The lowest BCUT2D eigenvalue weighted by molar-refractivity contribution is 0.583. The first kappa shape index (κ1) is 16.0. The summed E-state index contributed by atoms with van der Waals surface area (Å²) in [5, 5.41) is 3.38. The van der Waals surface area contributed by atoms with Crippen LogP contribution in [0, 0.1) is 0 Å². The molecule has 0 spiro atoms. The third kappa shape index (κ3) is 5.20. The predicted octanol–water partition coefficient (Wildman–Crippen LogP) is 1.91. The summed E-state index contributed by atoms with van der Waals surface area (Å²) in [6, 6.07) is 7.56. The zero-order valence-electron chi connectivity index (χ0n) is 12.2. The lowest BCUT2D eigenvalue weighted by Crippen LogP contribution is -2.34. The third-order valence-corrected chi connectivity index (χ3v) is 4.07. The number of anilines is 1. The summed E-state index contributed by atoms with van der Waals surface area (Å²) in [4.78, 5) is 2.59. The quantitative estimate of drug-likeness (QED) is 0.831. The maximum Gasteiger partial charge on any atom is 0.175 e. The van der Waals surface area contributed by atoms with Crippen molar-refractivity contribution in [2.75, 3.05) is 30.8 Å². The molecule has 19 heavy (non-hydrogen) atoms. The molecular weight excluding hydrogens is 260 g/mol. The predicted molar refractivity (Wildman–Crippen MR) is 80.6 cm³/mol. The van der Waals surface area contributed by atoms with Crippen LogP contribution in [0.1, 0.15) is 20.8 Å². The molecule has 0 bridgehead atoms. The molecule has 108 valence electrons. The summed E-state index contributed by atoms with van der Waals surface area (Å²) >= 11 is 0. The number of hydrogen-bond acceptors (Lipinski definition) is 4. The van der Waals surface area contributed by atoms with Crippen LogP contribution >= 0.6 is 0 Å². The van der Waals surface area contributed by atoms with Gasteiger partial charge in [0.25, 0.3) is 0 Å². The number of nitrogens with zero attached hydrogens (tertiary/aromatic N) is 1. The second-order valence-corrected chi connectivity index (χ2v) is 6.97. The Morgan fingerprint density at radius 2 is 1.79 bits per heavy atom. The number of rotatable bonds is 7. The highest BCUT2D eigenvalue weighted by Crippen LogP contribution is 2.17. The van der Waals surface area contributed by atoms with E-state index in [1.54, 1.807) is 12.1 Å². The standard InChI is InChI=1S/C14H24N2O2S/c1-5-16(11-10-15-12(2)3)13-6-8-14(9-7-13)19(4,17)18/h6-9,12,15H,5,10-11H2,1-4H3. The largest absolute Gasteiger partial charge is 0.371 e. The van der Waals surface area contributed by atoms with E-state index in [1.165, 1.54) is 6.26 Å². The van der Waals surface area contributed by atoms with Crippen molar-refractivity contribution >= 4 is 15.5 Å². The Morgan fingerprint density at radius 1 is 1.21 bits per heavy atom. The highest BCUT2D eigenvalue weighted by atomic mass is 32.2. The van der Waals surface area contributed by atoms with Gasteiger partial charge in [-0.25, -0.2) is 8.42 Å². The topological polar surface area (TPSA) is 49.4 Å². The molecule has 0 aliphatic heterocycles. The number of likely N-dealkylation sites (N-methyl/N-ethyl adjacent to an activating group) is 1. The Kier molecular flexibility index (Phi) is 5.82. The van der Waals surface area contributed by atoms with Crippen LogP contribution in [0.15, 0.2) is 29.2 Å². The number of benzene rings is 1. The van der Waals surface area contributed by atoms with Gasteiger partial charge in [-0.3, -0.25) is 0 Å². The van der Waals surface area contributed by atoms with E-state index in [0.29, 0.717) is 10.9 Å². The van der Waals surface area contributed by atoms with Gasteiger partial charge < -0.3 is 10.2 Å². The van der Waals surface area contributed by atoms with Gasteiger partial charge in [0.15, 0.2) is 9.84 Å². The van der Waals surface area contributed by atoms with Crippen LogP contribution in [0.2, 0.25) is 0 Å². The highest BCUT2D eigenvalue weighted by molar-refractivity contribution is 7.90. The molecule has 0 amide bonds. The minimum absolute atomic E-state index is 0.368. The Bertz CT molecular complexity index is 481. The van der Waals surface area contributed by atoms with Crippen LogP contribution in [-0.4, -0.2) is 40.3 Å². The number of hydrogen-bond donors (Lipinski definition) is 1. The van der Waals surface area contributed by atoms with Gasteiger partial charge >= 0.3 is 0 Å². The molecule has 0 saturated carbocycles. The summed E-state index contributed by atoms with van der Waals surface area (Å²) in [6.45, 7) is 9.07. The van der Waals surface area contributed by atoms with Gasteiger partial charge in [-0.15, -0.1) is 0 Å². The van der Waals surface area contributed by atoms with Crippen molar-refractivity contribution in [3.05, 3.63) is 24.3 Å². The van der Waals surface area contributed by atoms with Gasteiger partial charge in [-0.05, 0) is 31.2 Å². The van der Waals surface area contributed by atoms with Gasteiger partial charge in [-0.2, -0.15) is 0 Å². The van der Waals surface area contributed by atoms with Crippen molar-refractivity contribution in [1.29, 1.82) is 0 Å². The lowest BCUT2D eigenvalue weighted by Gasteiger charge is -2.24. The Labute approximate surface area is 116 Å². The minimum Gasteiger partial charge on any atom is -0.371 e. The van der Waals surface area contributed by atoms with E-state index in [4.69, 9.17) is 0 Å². The summed E-state index contributed by atoms with van der Waals surface area (Å²) in [7, 11) is -3.11. The Morgan fingerprint density at radius 3 is 2.21 bits per heavy atom. The van der Waals surface area contributed by atoms with Crippen molar-refractivity contribution in [2.24, 2.45) is 0 Å². The van der Waals surface area contributed by atoms with Crippen LogP contribution in [0.25, 0.3) is 0 Å². The fourth-order valence-corrected chi connectivity index (χ4v) is 2.49. The maximum atomic E-state index is 11.4. The zero-order chi connectivity index (χ0) is 14.5. The van der Waals surface area contributed by atoms with E-state index in [9.17, 15) is 8.42 Å². The number of nitrogens with one attached hydrogen (secondary N) is 1. The molecule has 0 atom stereocenters. The second-order valence-electron chi connectivity index (χ2n) is 4.95. The first-order valence-corrected chi connectivity index (χ1v) is 8.52. The average molecular weight is 284 g/mol. The van der Waals surface area contributed by atoms with Crippen LogP contribution in [0.5, 0.6) is 0 Å². The maximum absolute atomic E-state index is 11.4. The van der Waals surface area contributed by atoms with E-state index >= 15 is 0 Å². The molecular formula is C14H24N2O2S. The van der Waals surface area contributed by atoms with E-state index in [0.717, 1.165) is 25.3 Å². The fraction of sp³-hybridized carbons (Fsp3) is 0.571. The summed E-state index contributed by atoms with van der Waals surface area (Å²) in [5.74, 6) is 0. The Balaban J connectivity index is 2.71. The van der Waals surface area contributed by atoms with Crippen molar-refractivity contribution in [3.8, 4) is 0 Å². The molecule has 0 aliphatic carbocycles. The third-order valence-electron chi connectivity index (χ3n) is 2.95. The van der Waals surface area contributed by atoms with E-state index in [1.807, 2.05) is 12.1 Å². The first-order valence-electron chi connectivity index (χ1n) is 6.63. The molecule has 1 rings (SSSR count). The van der Waals surface area contributed by atoms with Crippen molar-refractivity contribution in [2.45, 2.75) is 31.7 Å². The molecule has 0 fully saturated rings.